The molecule has 0 saturated carbocycles. The number of fused-ring (bicyclic) bond motifs is 1. The quantitative estimate of drug-likeness (QED) is 0.314. The van der Waals surface area contributed by atoms with E-state index in [1.165, 1.54) is 15.8 Å². The van der Waals surface area contributed by atoms with Crippen LogP contribution in [0.1, 0.15) is 31.9 Å². The molecule has 0 fully saturated rings. The molecule has 2 aromatic heterocycles. The van der Waals surface area contributed by atoms with E-state index in [2.05, 4.69) is 55.2 Å². The van der Waals surface area contributed by atoms with Gasteiger partial charge in [-0.15, -0.1) is 21.5 Å². The van der Waals surface area contributed by atoms with Crippen LogP contribution in [0.5, 0.6) is 0 Å². The number of nitrogens with zero attached hydrogens (tertiary/aromatic N) is 3. The summed E-state index contributed by atoms with van der Waals surface area (Å²) in [5.41, 5.74) is 2.70. The molecular weight excluding hydrogens is 408 g/mol. The van der Waals surface area contributed by atoms with Crippen molar-refractivity contribution in [2.24, 2.45) is 0 Å². The van der Waals surface area contributed by atoms with E-state index in [9.17, 15) is 0 Å². The molecule has 0 aliphatic carbocycles. The lowest BCUT2D eigenvalue weighted by Gasteiger charge is -2.19. The van der Waals surface area contributed by atoms with Gasteiger partial charge in [0.15, 0.2) is 5.82 Å². The monoisotopic (exact) mass is 428 g/mol. The van der Waals surface area contributed by atoms with Crippen LogP contribution in [0.3, 0.4) is 0 Å². The van der Waals surface area contributed by atoms with E-state index in [4.69, 9.17) is 17.4 Å². The second-order valence-electron chi connectivity index (χ2n) is 7.65. The highest BCUT2D eigenvalue weighted by Gasteiger charge is 2.19. The van der Waals surface area contributed by atoms with Crippen LogP contribution in [-0.2, 0) is 11.2 Å². The number of hydrogen-bond donors (Lipinski definition) is 1. The first-order chi connectivity index (χ1) is 13.3. The molecule has 0 aliphatic rings. The summed E-state index contributed by atoms with van der Waals surface area (Å²) >= 11 is 9.71. The number of benzene rings is 2. The van der Waals surface area contributed by atoms with E-state index >= 15 is 0 Å². The zero-order valence-corrected chi connectivity index (χ0v) is 18.3. The highest BCUT2D eigenvalue weighted by Crippen LogP contribution is 2.41. The molecule has 0 aliphatic heterocycles. The number of hydrogen-bond acceptors (Lipinski definition) is 5. The number of thioether (sulfide) groups is 1. The fourth-order valence-corrected chi connectivity index (χ4v) is 5.25. The van der Waals surface area contributed by atoms with Gasteiger partial charge in [-0.2, -0.15) is 0 Å². The average Bonchev–Trinajstić information content (AvgIpc) is 3.20. The summed E-state index contributed by atoms with van der Waals surface area (Å²) in [5.74, 6) is 7.66. The van der Waals surface area contributed by atoms with E-state index in [1.54, 1.807) is 23.1 Å². The van der Waals surface area contributed by atoms with Crippen LogP contribution in [0, 0.1) is 0 Å². The SMILES string of the molecule is CC(C)(C)c1ccc(CSc2nnc(-c3sc4ccccc4c3Cl)n2N)cc1. The molecule has 4 rings (SSSR count). The van der Waals surface area contributed by atoms with Gasteiger partial charge in [0.25, 0.3) is 0 Å². The minimum absolute atomic E-state index is 0.154. The van der Waals surface area contributed by atoms with Gasteiger partial charge in [-0.05, 0) is 22.6 Å². The second-order valence-corrected chi connectivity index (χ2v) is 10.0. The number of nitrogen functional groups attached to an aromatic ring is 1. The average molecular weight is 429 g/mol. The first-order valence-electron chi connectivity index (χ1n) is 8.94. The third kappa shape index (κ3) is 3.64. The van der Waals surface area contributed by atoms with E-state index < -0.39 is 0 Å². The molecule has 2 aromatic carbocycles. The van der Waals surface area contributed by atoms with Crippen molar-refractivity contribution in [2.45, 2.75) is 37.1 Å². The molecule has 4 nitrogen and oxygen atoms in total. The molecule has 0 amide bonds. The predicted octanol–water partition coefficient (Wildman–Crippen LogP) is 6.12. The molecule has 0 unspecified atom stereocenters. The summed E-state index contributed by atoms with van der Waals surface area (Å²) in [5, 5.41) is 10.9. The Balaban J connectivity index is 1.54. The summed E-state index contributed by atoms with van der Waals surface area (Å²) in [6.45, 7) is 6.65. The van der Waals surface area contributed by atoms with Crippen molar-refractivity contribution in [1.82, 2.24) is 14.9 Å². The van der Waals surface area contributed by atoms with Crippen molar-refractivity contribution < 1.29 is 0 Å². The Kier molecular flexibility index (Phi) is 5.12. The Hall–Kier alpha value is -2.02. The van der Waals surface area contributed by atoms with Crippen LogP contribution in [-0.4, -0.2) is 14.9 Å². The van der Waals surface area contributed by atoms with Crippen LogP contribution in [0.2, 0.25) is 5.02 Å². The molecule has 0 radical (unpaired) electrons. The normalized spacial score (nSPS) is 12.0. The third-order valence-electron chi connectivity index (χ3n) is 4.59. The second kappa shape index (κ2) is 7.43. The van der Waals surface area contributed by atoms with Gasteiger partial charge in [-0.3, -0.25) is 0 Å². The van der Waals surface area contributed by atoms with Crippen molar-refractivity contribution in [2.75, 3.05) is 5.84 Å². The summed E-state index contributed by atoms with van der Waals surface area (Å²) in [6.07, 6.45) is 0. The van der Waals surface area contributed by atoms with Crippen molar-refractivity contribution in [3.63, 3.8) is 0 Å². The molecule has 28 heavy (non-hydrogen) atoms. The zero-order chi connectivity index (χ0) is 19.9. The molecule has 0 spiro atoms. The van der Waals surface area contributed by atoms with Crippen LogP contribution >= 0.6 is 34.7 Å². The minimum atomic E-state index is 0.154. The van der Waals surface area contributed by atoms with Crippen LogP contribution in [0.15, 0.2) is 53.7 Å². The Bertz CT molecular complexity index is 1120. The summed E-state index contributed by atoms with van der Waals surface area (Å²) in [6, 6.07) is 16.7. The van der Waals surface area contributed by atoms with Crippen molar-refractivity contribution in [3.05, 3.63) is 64.7 Å². The van der Waals surface area contributed by atoms with Gasteiger partial charge in [0, 0.05) is 15.8 Å². The van der Waals surface area contributed by atoms with Gasteiger partial charge < -0.3 is 5.84 Å². The molecule has 2 N–H and O–H groups in total. The van der Waals surface area contributed by atoms with Gasteiger partial charge in [-0.1, -0.05) is 86.6 Å². The maximum Gasteiger partial charge on any atom is 0.210 e. The Morgan fingerprint density at radius 1 is 1.07 bits per heavy atom. The number of thiophene rings is 1. The molecule has 0 bridgehead atoms. The molecule has 0 atom stereocenters. The van der Waals surface area contributed by atoms with Gasteiger partial charge in [0.05, 0.1) is 9.90 Å². The highest BCUT2D eigenvalue weighted by molar-refractivity contribution is 7.98. The van der Waals surface area contributed by atoms with Gasteiger partial charge in [0.1, 0.15) is 0 Å². The summed E-state index contributed by atoms with van der Waals surface area (Å²) < 4.78 is 2.64. The molecular formula is C21H21ClN4S2. The van der Waals surface area contributed by atoms with Crippen LogP contribution < -0.4 is 5.84 Å². The Labute approximate surface area is 177 Å². The maximum absolute atomic E-state index is 6.56. The standard InChI is InChI=1S/C21H21ClN4S2/c1-21(2,3)14-10-8-13(9-11-14)12-27-20-25-24-19(26(20)23)18-17(22)15-6-4-5-7-16(15)28-18/h4-11H,12,23H2,1-3H3. The number of rotatable bonds is 4. The molecule has 2 heterocycles. The van der Waals surface area contributed by atoms with Crippen LogP contribution in [0.4, 0.5) is 0 Å². The lowest BCUT2D eigenvalue weighted by atomic mass is 9.87. The first-order valence-corrected chi connectivity index (χ1v) is 11.1. The van der Waals surface area contributed by atoms with Gasteiger partial charge >= 0.3 is 0 Å². The highest BCUT2D eigenvalue weighted by atomic mass is 35.5. The van der Waals surface area contributed by atoms with Gasteiger partial charge in [-0.25, -0.2) is 4.68 Å². The first kappa shape index (κ1) is 19.3. The fourth-order valence-electron chi connectivity index (χ4n) is 2.94. The van der Waals surface area contributed by atoms with Crippen LogP contribution in [0.25, 0.3) is 20.8 Å². The Morgan fingerprint density at radius 2 is 1.79 bits per heavy atom. The van der Waals surface area contributed by atoms with Crippen molar-refractivity contribution >= 4 is 44.8 Å². The van der Waals surface area contributed by atoms with E-state index in [-0.39, 0.29) is 5.41 Å². The molecule has 0 saturated heterocycles. The maximum atomic E-state index is 6.56. The van der Waals surface area contributed by atoms with E-state index in [0.29, 0.717) is 16.0 Å². The summed E-state index contributed by atoms with van der Waals surface area (Å²) in [4.78, 5) is 0.847. The van der Waals surface area contributed by atoms with Gasteiger partial charge in [0.2, 0.25) is 5.16 Å². The number of aromatic nitrogens is 3. The largest absolute Gasteiger partial charge is 0.335 e. The topological polar surface area (TPSA) is 56.7 Å². The van der Waals surface area contributed by atoms with Crippen molar-refractivity contribution in [3.8, 4) is 10.7 Å². The number of halogens is 1. The van der Waals surface area contributed by atoms with E-state index in [0.717, 1.165) is 20.7 Å². The van der Waals surface area contributed by atoms with E-state index in [1.807, 2.05) is 24.3 Å². The molecule has 7 heteroatoms. The smallest absolute Gasteiger partial charge is 0.210 e. The molecule has 4 aromatic rings. The molecule has 144 valence electrons. The van der Waals surface area contributed by atoms with Crippen molar-refractivity contribution in [1.29, 1.82) is 0 Å². The summed E-state index contributed by atoms with van der Waals surface area (Å²) in [7, 11) is 0. The Morgan fingerprint density at radius 3 is 2.46 bits per heavy atom. The third-order valence-corrected chi connectivity index (χ3v) is 7.28. The fraction of sp³-hybridized carbons (Fsp3) is 0.238. The predicted molar refractivity (Wildman–Crippen MR) is 121 cm³/mol. The lowest BCUT2D eigenvalue weighted by Crippen LogP contribution is -2.11. The lowest BCUT2D eigenvalue weighted by molar-refractivity contribution is 0.590. The zero-order valence-electron chi connectivity index (χ0n) is 15.9. The number of nitrogens with two attached hydrogens (primary N) is 1. The minimum Gasteiger partial charge on any atom is -0.335 e.